The second-order valence-electron chi connectivity index (χ2n) is 4.30. The van der Waals surface area contributed by atoms with Gasteiger partial charge in [0.1, 0.15) is 12.0 Å². The fourth-order valence-electron chi connectivity index (χ4n) is 2.47. The van der Waals surface area contributed by atoms with E-state index in [1.54, 1.807) is 12.1 Å². The second kappa shape index (κ2) is 4.47. The Labute approximate surface area is 89.9 Å². The highest BCUT2D eigenvalue weighted by Crippen LogP contribution is 2.36. The largest absolute Gasteiger partial charge is 0.508 e. The molecule has 0 aliphatic heterocycles. The number of hydrogen-bond acceptors (Lipinski definition) is 2. The quantitative estimate of drug-likeness (QED) is 0.769. The summed E-state index contributed by atoms with van der Waals surface area (Å²) in [6, 6.07) is 7.01. The van der Waals surface area contributed by atoms with Crippen LogP contribution in [0.5, 0.6) is 5.75 Å². The van der Waals surface area contributed by atoms with E-state index < -0.39 is 0 Å². The van der Waals surface area contributed by atoms with Crippen molar-refractivity contribution < 1.29 is 9.90 Å². The van der Waals surface area contributed by atoms with Crippen molar-refractivity contribution in [2.75, 3.05) is 0 Å². The van der Waals surface area contributed by atoms with E-state index in [4.69, 9.17) is 0 Å². The maximum atomic E-state index is 11.1. The van der Waals surface area contributed by atoms with Crippen molar-refractivity contribution in [3.05, 3.63) is 29.8 Å². The maximum absolute atomic E-state index is 11.1. The molecule has 1 atom stereocenters. The normalized spacial score (nSPS) is 18.9. The molecular weight excluding hydrogens is 188 g/mol. The van der Waals surface area contributed by atoms with Crippen molar-refractivity contribution in [2.45, 2.75) is 31.6 Å². The van der Waals surface area contributed by atoms with Crippen molar-refractivity contribution in [1.82, 2.24) is 0 Å². The molecule has 1 aromatic carbocycles. The Bertz CT molecular complexity index is 323. The van der Waals surface area contributed by atoms with Gasteiger partial charge in [0.05, 0.1) is 0 Å². The smallest absolute Gasteiger partial charge is 0.127 e. The average molecular weight is 204 g/mol. The molecule has 2 rings (SSSR count). The van der Waals surface area contributed by atoms with Crippen LogP contribution in [0.4, 0.5) is 0 Å². The molecule has 0 radical (unpaired) electrons. The van der Waals surface area contributed by atoms with Crippen LogP contribution in [0.3, 0.4) is 0 Å². The van der Waals surface area contributed by atoms with Gasteiger partial charge in [-0.3, -0.25) is 0 Å². The Morgan fingerprint density at radius 1 is 1.20 bits per heavy atom. The number of aromatic hydroxyl groups is 1. The van der Waals surface area contributed by atoms with E-state index in [1.807, 2.05) is 12.1 Å². The third kappa shape index (κ3) is 2.20. The van der Waals surface area contributed by atoms with E-state index in [0.29, 0.717) is 5.92 Å². The lowest BCUT2D eigenvalue weighted by Crippen LogP contribution is -2.10. The first-order chi connectivity index (χ1) is 7.31. The Hall–Kier alpha value is -1.31. The van der Waals surface area contributed by atoms with Crippen molar-refractivity contribution in [3.63, 3.8) is 0 Å². The minimum Gasteiger partial charge on any atom is -0.508 e. The van der Waals surface area contributed by atoms with Gasteiger partial charge in [-0.2, -0.15) is 0 Å². The molecule has 0 heterocycles. The second-order valence-corrected chi connectivity index (χ2v) is 4.30. The monoisotopic (exact) mass is 204 g/mol. The van der Waals surface area contributed by atoms with E-state index in [9.17, 15) is 9.90 Å². The average Bonchev–Trinajstić information content (AvgIpc) is 2.75. The van der Waals surface area contributed by atoms with Crippen molar-refractivity contribution in [3.8, 4) is 5.75 Å². The fraction of sp³-hybridized carbons (Fsp3) is 0.462. The zero-order valence-corrected chi connectivity index (χ0v) is 8.73. The van der Waals surface area contributed by atoms with Crippen LogP contribution in [0.1, 0.15) is 37.2 Å². The Morgan fingerprint density at radius 3 is 2.33 bits per heavy atom. The van der Waals surface area contributed by atoms with Crippen LogP contribution in [0, 0.1) is 5.92 Å². The molecule has 1 aliphatic rings. The van der Waals surface area contributed by atoms with Crippen LogP contribution in [0.2, 0.25) is 0 Å². The first-order valence-corrected chi connectivity index (χ1v) is 5.55. The first-order valence-electron chi connectivity index (χ1n) is 5.55. The summed E-state index contributed by atoms with van der Waals surface area (Å²) >= 11 is 0. The van der Waals surface area contributed by atoms with Gasteiger partial charge in [-0.1, -0.05) is 25.0 Å². The molecule has 0 unspecified atom stereocenters. The zero-order valence-electron chi connectivity index (χ0n) is 8.73. The Kier molecular flexibility index (Phi) is 3.05. The third-order valence-corrected chi connectivity index (χ3v) is 3.33. The van der Waals surface area contributed by atoms with Crippen molar-refractivity contribution in [1.29, 1.82) is 0 Å². The predicted molar refractivity (Wildman–Crippen MR) is 58.9 cm³/mol. The molecule has 15 heavy (non-hydrogen) atoms. The summed E-state index contributed by atoms with van der Waals surface area (Å²) in [5.41, 5.74) is 1.04. The molecule has 2 nitrogen and oxygen atoms in total. The first kappa shape index (κ1) is 10.2. The molecular formula is C13H16O2. The van der Waals surface area contributed by atoms with Crippen LogP contribution in [-0.4, -0.2) is 11.4 Å². The molecule has 2 heteroatoms. The number of phenols is 1. The molecule has 1 fully saturated rings. The summed E-state index contributed by atoms with van der Waals surface area (Å²) in [5, 5.41) is 9.19. The maximum Gasteiger partial charge on any atom is 0.127 e. The molecule has 1 saturated carbocycles. The number of phenolic OH excluding ortho intramolecular Hbond substituents is 1. The van der Waals surface area contributed by atoms with Crippen LogP contribution in [0.15, 0.2) is 24.3 Å². The third-order valence-electron chi connectivity index (χ3n) is 3.33. The molecule has 1 aromatic rings. The number of aldehydes is 1. The summed E-state index contributed by atoms with van der Waals surface area (Å²) in [4.78, 5) is 11.1. The molecule has 0 bridgehead atoms. The lowest BCUT2D eigenvalue weighted by Gasteiger charge is -2.17. The van der Waals surface area contributed by atoms with Crippen LogP contribution < -0.4 is 0 Å². The van der Waals surface area contributed by atoms with Gasteiger partial charge in [0.15, 0.2) is 0 Å². The van der Waals surface area contributed by atoms with Gasteiger partial charge >= 0.3 is 0 Å². The van der Waals surface area contributed by atoms with Gasteiger partial charge in [0, 0.05) is 5.92 Å². The summed E-state index contributed by atoms with van der Waals surface area (Å²) in [7, 11) is 0. The molecule has 0 amide bonds. The Balaban J connectivity index is 2.18. The number of benzene rings is 1. The van der Waals surface area contributed by atoms with E-state index >= 15 is 0 Å². The standard InChI is InChI=1S/C13H16O2/c14-9-13(10-3-1-2-4-10)11-5-7-12(15)8-6-11/h5-10,13,15H,1-4H2/t13-/m1/s1. The minimum absolute atomic E-state index is 0.0214. The molecule has 1 aliphatic carbocycles. The lowest BCUT2D eigenvalue weighted by molar-refractivity contribution is -0.110. The number of rotatable bonds is 3. The fourth-order valence-corrected chi connectivity index (χ4v) is 2.47. The molecule has 0 aromatic heterocycles. The highest BCUT2D eigenvalue weighted by atomic mass is 16.3. The van der Waals surface area contributed by atoms with Gasteiger partial charge in [-0.15, -0.1) is 0 Å². The summed E-state index contributed by atoms with van der Waals surface area (Å²) in [6.45, 7) is 0. The van der Waals surface area contributed by atoms with Crippen LogP contribution >= 0.6 is 0 Å². The topological polar surface area (TPSA) is 37.3 Å². The minimum atomic E-state index is 0.0214. The van der Waals surface area contributed by atoms with Gasteiger partial charge < -0.3 is 9.90 Å². The van der Waals surface area contributed by atoms with E-state index in [1.165, 1.54) is 12.8 Å². The number of carbonyl (C=O) groups is 1. The van der Waals surface area contributed by atoms with Gasteiger partial charge in [-0.25, -0.2) is 0 Å². The SMILES string of the molecule is O=C[C@@H](c1ccc(O)cc1)C1CCCC1. The molecule has 0 spiro atoms. The lowest BCUT2D eigenvalue weighted by atomic mass is 9.86. The highest BCUT2D eigenvalue weighted by molar-refractivity contribution is 5.63. The molecule has 0 saturated heterocycles. The zero-order chi connectivity index (χ0) is 10.7. The van der Waals surface area contributed by atoms with Gasteiger partial charge in [0.2, 0.25) is 0 Å². The molecule has 80 valence electrons. The predicted octanol–water partition coefficient (Wildman–Crippen LogP) is 2.86. The van der Waals surface area contributed by atoms with E-state index in [2.05, 4.69) is 0 Å². The number of hydrogen-bond donors (Lipinski definition) is 1. The summed E-state index contributed by atoms with van der Waals surface area (Å²) in [6.07, 6.45) is 5.86. The summed E-state index contributed by atoms with van der Waals surface area (Å²) < 4.78 is 0. The van der Waals surface area contributed by atoms with Gasteiger partial charge in [0.25, 0.3) is 0 Å². The Morgan fingerprint density at radius 2 is 1.80 bits per heavy atom. The van der Waals surface area contributed by atoms with Crippen LogP contribution in [0.25, 0.3) is 0 Å². The number of carbonyl (C=O) groups excluding carboxylic acids is 1. The summed E-state index contributed by atoms with van der Waals surface area (Å²) in [5.74, 6) is 0.787. The van der Waals surface area contributed by atoms with E-state index in [-0.39, 0.29) is 11.7 Å². The van der Waals surface area contributed by atoms with Gasteiger partial charge in [-0.05, 0) is 36.5 Å². The molecule has 1 N–H and O–H groups in total. The highest BCUT2D eigenvalue weighted by Gasteiger charge is 2.25. The van der Waals surface area contributed by atoms with Crippen molar-refractivity contribution >= 4 is 6.29 Å². The van der Waals surface area contributed by atoms with Crippen LogP contribution in [-0.2, 0) is 4.79 Å². The van der Waals surface area contributed by atoms with E-state index in [0.717, 1.165) is 24.7 Å². The van der Waals surface area contributed by atoms with Crippen molar-refractivity contribution in [2.24, 2.45) is 5.92 Å².